The molecule has 0 aromatic rings. The van der Waals surface area contributed by atoms with Crippen molar-refractivity contribution < 1.29 is 9.47 Å². The van der Waals surface area contributed by atoms with E-state index in [9.17, 15) is 0 Å². The monoisotopic (exact) mass is 346 g/mol. The van der Waals surface area contributed by atoms with Gasteiger partial charge in [0.05, 0.1) is 0 Å². The highest BCUT2D eigenvalue weighted by Gasteiger charge is 2.56. The average molecular weight is 347 g/mol. The molecule has 6 atom stereocenters. The smallest absolute Gasteiger partial charge is 0.167 e. The molecule has 0 heterocycles. The number of fused-ring (bicyclic) bond motifs is 5. The number of allylic oxidation sites excluding steroid dienone is 2. The van der Waals surface area contributed by atoms with Gasteiger partial charge in [-0.25, -0.2) is 0 Å². The maximum atomic E-state index is 5.81. The van der Waals surface area contributed by atoms with Gasteiger partial charge in [0.1, 0.15) is 0 Å². The van der Waals surface area contributed by atoms with Crippen LogP contribution in [0, 0.1) is 35.0 Å². The Hall–Kier alpha value is -0.340. The molecule has 0 unspecified atom stereocenters. The van der Waals surface area contributed by atoms with Crippen molar-refractivity contribution in [2.75, 3.05) is 14.2 Å². The molecule has 2 heteroatoms. The second-order valence-corrected chi connectivity index (χ2v) is 9.63. The third kappa shape index (κ3) is 2.74. The lowest BCUT2D eigenvalue weighted by molar-refractivity contribution is -0.246. The lowest BCUT2D eigenvalue weighted by Gasteiger charge is -2.56. The zero-order valence-electron chi connectivity index (χ0n) is 16.9. The minimum Gasteiger partial charge on any atom is -0.353 e. The Bertz CT molecular complexity index is 520. The molecule has 25 heavy (non-hydrogen) atoms. The fourth-order valence-electron chi connectivity index (χ4n) is 7.71. The van der Waals surface area contributed by atoms with Crippen molar-refractivity contribution in [1.82, 2.24) is 0 Å². The van der Waals surface area contributed by atoms with Crippen LogP contribution in [-0.2, 0) is 9.47 Å². The Morgan fingerprint density at radius 3 is 2.44 bits per heavy atom. The minimum atomic E-state index is -0.290. The lowest BCUT2D eigenvalue weighted by atomic mass is 9.50. The van der Waals surface area contributed by atoms with Crippen molar-refractivity contribution in [3.8, 4) is 0 Å². The van der Waals surface area contributed by atoms with Crippen LogP contribution >= 0.6 is 0 Å². The highest BCUT2D eigenvalue weighted by atomic mass is 16.7. The third-order valence-electron chi connectivity index (χ3n) is 8.99. The molecule has 0 bridgehead atoms. The highest BCUT2D eigenvalue weighted by Crippen LogP contribution is 2.64. The molecule has 0 radical (unpaired) electrons. The van der Waals surface area contributed by atoms with E-state index in [0.717, 1.165) is 42.4 Å². The normalized spacial score (nSPS) is 47.2. The fraction of sp³-hybridized carbons (Fsp3) is 0.913. The summed E-state index contributed by atoms with van der Waals surface area (Å²) < 4.78 is 11.6. The van der Waals surface area contributed by atoms with E-state index >= 15 is 0 Å². The summed E-state index contributed by atoms with van der Waals surface area (Å²) in [6.07, 6.45) is 15.9. The summed E-state index contributed by atoms with van der Waals surface area (Å²) >= 11 is 0. The van der Waals surface area contributed by atoms with Crippen LogP contribution in [0.1, 0.15) is 78.1 Å². The largest absolute Gasteiger partial charge is 0.353 e. The van der Waals surface area contributed by atoms with Crippen LogP contribution in [0.15, 0.2) is 11.6 Å². The van der Waals surface area contributed by atoms with Gasteiger partial charge in [-0.3, -0.25) is 0 Å². The predicted molar refractivity (Wildman–Crippen MR) is 102 cm³/mol. The van der Waals surface area contributed by atoms with Gasteiger partial charge in [-0.2, -0.15) is 0 Å². The summed E-state index contributed by atoms with van der Waals surface area (Å²) in [7, 11) is 3.67. The van der Waals surface area contributed by atoms with Gasteiger partial charge in [0, 0.05) is 27.1 Å². The first-order chi connectivity index (χ1) is 12.1. The summed E-state index contributed by atoms with van der Waals surface area (Å²) in [5.41, 5.74) is 2.34. The van der Waals surface area contributed by atoms with E-state index in [-0.39, 0.29) is 5.79 Å². The average Bonchev–Trinajstić information content (AvgIpc) is 2.98. The van der Waals surface area contributed by atoms with Crippen molar-refractivity contribution in [3.63, 3.8) is 0 Å². The van der Waals surface area contributed by atoms with Crippen LogP contribution in [-0.4, -0.2) is 20.0 Å². The number of hydrogen-bond acceptors (Lipinski definition) is 2. The van der Waals surface area contributed by atoms with Gasteiger partial charge in [-0.05, 0) is 86.4 Å². The molecule has 4 saturated carbocycles. The number of ether oxygens (including phenoxy) is 2. The predicted octanol–water partition coefficient (Wildman–Crippen LogP) is 5.96. The third-order valence-corrected chi connectivity index (χ3v) is 8.99. The maximum Gasteiger partial charge on any atom is 0.167 e. The van der Waals surface area contributed by atoms with Crippen molar-refractivity contribution in [2.45, 2.75) is 83.8 Å². The zero-order chi connectivity index (χ0) is 17.7. The number of rotatable bonds is 3. The van der Waals surface area contributed by atoms with E-state index in [1.165, 1.54) is 51.4 Å². The van der Waals surface area contributed by atoms with Gasteiger partial charge in [-0.1, -0.05) is 25.5 Å². The molecule has 0 amide bonds. The maximum absolute atomic E-state index is 5.81. The zero-order valence-corrected chi connectivity index (χ0v) is 16.9. The Labute approximate surface area is 154 Å². The Kier molecular flexibility index (Phi) is 4.82. The molecular weight excluding hydrogens is 308 g/mol. The second kappa shape index (κ2) is 6.68. The van der Waals surface area contributed by atoms with Gasteiger partial charge in [0.25, 0.3) is 0 Å². The Balaban J connectivity index is 1.53. The van der Waals surface area contributed by atoms with E-state index in [1.807, 2.05) is 19.8 Å². The molecule has 0 aliphatic heterocycles. The molecule has 4 fully saturated rings. The first-order valence-electron chi connectivity index (χ1n) is 10.9. The summed E-state index contributed by atoms with van der Waals surface area (Å²) in [6, 6.07) is 0. The molecule has 0 spiro atoms. The van der Waals surface area contributed by atoms with Crippen molar-refractivity contribution >= 4 is 0 Å². The van der Waals surface area contributed by atoms with Gasteiger partial charge in [-0.15, -0.1) is 0 Å². The number of hydrogen-bond donors (Lipinski definition) is 0. The van der Waals surface area contributed by atoms with Crippen molar-refractivity contribution in [3.05, 3.63) is 11.6 Å². The summed E-state index contributed by atoms with van der Waals surface area (Å²) in [5.74, 6) is 4.39. The van der Waals surface area contributed by atoms with Crippen molar-refractivity contribution in [2.24, 2.45) is 35.0 Å². The van der Waals surface area contributed by atoms with Crippen LogP contribution in [0.5, 0.6) is 0 Å². The minimum absolute atomic E-state index is 0.290. The van der Waals surface area contributed by atoms with E-state index in [0.29, 0.717) is 5.41 Å². The van der Waals surface area contributed by atoms with E-state index in [1.54, 1.807) is 0 Å². The molecule has 4 aliphatic rings. The molecule has 2 nitrogen and oxygen atoms in total. The summed E-state index contributed by atoms with van der Waals surface area (Å²) in [6.45, 7) is 4.91. The fourth-order valence-corrected chi connectivity index (χ4v) is 7.71. The van der Waals surface area contributed by atoms with Gasteiger partial charge < -0.3 is 9.47 Å². The SMILES string of the molecule is CC/C=C1/CC[C@H]2[C@@H]3CC[C@@H]4CC(OC)(OC)CC[C@@H]4[C@H]3CC[C@]12C. The van der Waals surface area contributed by atoms with Gasteiger partial charge in [0.15, 0.2) is 5.79 Å². The molecule has 142 valence electrons. The second-order valence-electron chi connectivity index (χ2n) is 9.63. The molecular formula is C23H38O2. The molecule has 4 aliphatic carbocycles. The highest BCUT2D eigenvalue weighted by molar-refractivity contribution is 5.23. The van der Waals surface area contributed by atoms with Crippen LogP contribution < -0.4 is 0 Å². The van der Waals surface area contributed by atoms with Crippen LogP contribution in [0.4, 0.5) is 0 Å². The van der Waals surface area contributed by atoms with E-state index < -0.39 is 0 Å². The Morgan fingerprint density at radius 1 is 0.960 bits per heavy atom. The van der Waals surface area contributed by atoms with Crippen molar-refractivity contribution in [1.29, 1.82) is 0 Å². The standard InChI is InChI=1S/C23H38O2/c1-5-6-17-8-10-21-20-9-7-16-15-23(24-3,25-4)14-12-18(16)19(20)11-13-22(17,21)2/h6,16,18-21H,5,7-15H2,1-4H3/b17-6-/t16-,18+,19-,20-,21+,22-/m1/s1. The summed E-state index contributed by atoms with van der Waals surface area (Å²) in [5, 5.41) is 0. The number of methoxy groups -OCH3 is 2. The topological polar surface area (TPSA) is 18.5 Å². The first kappa shape index (κ1) is 18.0. The molecule has 0 N–H and O–H groups in total. The quantitative estimate of drug-likeness (QED) is 0.463. The Morgan fingerprint density at radius 2 is 1.72 bits per heavy atom. The van der Waals surface area contributed by atoms with Gasteiger partial charge >= 0.3 is 0 Å². The van der Waals surface area contributed by atoms with Crippen LogP contribution in [0.2, 0.25) is 0 Å². The van der Waals surface area contributed by atoms with E-state index in [2.05, 4.69) is 19.9 Å². The summed E-state index contributed by atoms with van der Waals surface area (Å²) in [4.78, 5) is 0. The van der Waals surface area contributed by atoms with E-state index in [4.69, 9.17) is 9.47 Å². The molecule has 4 rings (SSSR count). The molecule has 0 aromatic heterocycles. The van der Waals surface area contributed by atoms with Crippen LogP contribution in [0.25, 0.3) is 0 Å². The molecule has 0 saturated heterocycles. The van der Waals surface area contributed by atoms with Gasteiger partial charge in [0.2, 0.25) is 0 Å². The lowest BCUT2D eigenvalue weighted by Crippen LogP contribution is -2.51. The molecule has 0 aromatic carbocycles. The van der Waals surface area contributed by atoms with Crippen LogP contribution in [0.3, 0.4) is 0 Å². The first-order valence-corrected chi connectivity index (χ1v) is 10.9.